The van der Waals surface area contributed by atoms with E-state index in [1.54, 1.807) is 6.07 Å². The van der Waals surface area contributed by atoms with Gasteiger partial charge in [0.2, 0.25) is 0 Å². The quantitative estimate of drug-likeness (QED) is 0.817. The van der Waals surface area contributed by atoms with Crippen LogP contribution in [0.25, 0.3) is 10.1 Å². The van der Waals surface area contributed by atoms with Crippen LogP contribution in [0.3, 0.4) is 0 Å². The highest BCUT2D eigenvalue weighted by molar-refractivity contribution is 7.21. The molecule has 1 atom stereocenters. The van der Waals surface area contributed by atoms with Crippen molar-refractivity contribution in [2.75, 3.05) is 13.2 Å². The lowest BCUT2D eigenvalue weighted by atomic mass is 10.0. The Morgan fingerprint density at radius 3 is 2.86 bits per heavy atom. The van der Waals surface area contributed by atoms with Crippen molar-refractivity contribution in [1.82, 2.24) is 5.32 Å². The van der Waals surface area contributed by atoms with Gasteiger partial charge in [0.1, 0.15) is 4.88 Å². The zero-order valence-electron chi connectivity index (χ0n) is 11.7. The minimum atomic E-state index is -0.172. The fraction of sp³-hybridized carbons (Fsp3) is 0.400. The zero-order chi connectivity index (χ0) is 15.4. The van der Waals surface area contributed by atoms with Crippen LogP contribution < -0.4 is 5.32 Å². The van der Waals surface area contributed by atoms with Crippen LogP contribution in [0, 0.1) is 5.92 Å². The van der Waals surface area contributed by atoms with Gasteiger partial charge in [0.25, 0.3) is 5.91 Å². The molecule has 0 aliphatic heterocycles. The number of nitrogens with one attached hydrogen (secondary N) is 1. The molecule has 0 saturated carbocycles. The third-order valence-corrected chi connectivity index (χ3v) is 5.35. The topological polar surface area (TPSA) is 49.3 Å². The van der Waals surface area contributed by atoms with Crippen molar-refractivity contribution in [1.29, 1.82) is 0 Å². The highest BCUT2D eigenvalue weighted by Gasteiger charge is 2.18. The maximum atomic E-state index is 12.3. The number of hydrogen-bond donors (Lipinski definition) is 2. The fourth-order valence-electron chi connectivity index (χ4n) is 2.14. The molecule has 2 aromatic rings. The molecule has 3 nitrogen and oxygen atoms in total. The van der Waals surface area contributed by atoms with Gasteiger partial charge in [-0.1, -0.05) is 42.6 Å². The predicted molar refractivity (Wildman–Crippen MR) is 89.7 cm³/mol. The SMILES string of the molecule is CCC(CCO)CNC(=O)c1sc2cc(Cl)ccc2c1Cl. The number of aliphatic hydroxyl groups is 1. The van der Waals surface area contributed by atoms with E-state index in [-0.39, 0.29) is 18.4 Å². The molecule has 0 aliphatic rings. The Hall–Kier alpha value is -0.810. The van der Waals surface area contributed by atoms with Crippen molar-refractivity contribution in [2.24, 2.45) is 5.92 Å². The third kappa shape index (κ3) is 3.89. The summed E-state index contributed by atoms with van der Waals surface area (Å²) in [7, 11) is 0. The molecule has 0 bridgehead atoms. The first-order valence-corrected chi connectivity index (χ1v) is 8.40. The lowest BCUT2D eigenvalue weighted by molar-refractivity contribution is 0.0948. The second-order valence-electron chi connectivity index (χ2n) is 4.88. The lowest BCUT2D eigenvalue weighted by Gasteiger charge is -2.13. The molecule has 2 rings (SSSR count). The number of aliphatic hydroxyl groups excluding tert-OH is 1. The summed E-state index contributed by atoms with van der Waals surface area (Å²) in [6.07, 6.45) is 1.60. The molecule has 6 heteroatoms. The largest absolute Gasteiger partial charge is 0.396 e. The van der Waals surface area contributed by atoms with Crippen molar-refractivity contribution < 1.29 is 9.90 Å². The molecule has 114 valence electrons. The van der Waals surface area contributed by atoms with E-state index < -0.39 is 0 Å². The van der Waals surface area contributed by atoms with Crippen molar-refractivity contribution in [2.45, 2.75) is 19.8 Å². The molecule has 1 heterocycles. The van der Waals surface area contributed by atoms with Crippen molar-refractivity contribution >= 4 is 50.5 Å². The first-order chi connectivity index (χ1) is 10.1. The van der Waals surface area contributed by atoms with E-state index in [1.165, 1.54) is 11.3 Å². The monoisotopic (exact) mass is 345 g/mol. The van der Waals surface area contributed by atoms with Crippen LogP contribution in [0.1, 0.15) is 29.4 Å². The van der Waals surface area contributed by atoms with Crippen molar-refractivity contribution in [3.05, 3.63) is 33.1 Å². The Balaban J connectivity index is 2.14. The summed E-state index contributed by atoms with van der Waals surface area (Å²) >= 11 is 13.6. The Morgan fingerprint density at radius 1 is 1.43 bits per heavy atom. The minimum absolute atomic E-state index is 0.135. The summed E-state index contributed by atoms with van der Waals surface area (Å²) in [6.45, 7) is 2.72. The minimum Gasteiger partial charge on any atom is -0.396 e. The van der Waals surface area contributed by atoms with Gasteiger partial charge in [0.05, 0.1) is 5.02 Å². The average Bonchev–Trinajstić information content (AvgIpc) is 2.79. The number of thiophene rings is 1. The first-order valence-electron chi connectivity index (χ1n) is 6.83. The Morgan fingerprint density at radius 2 is 2.19 bits per heavy atom. The summed E-state index contributed by atoms with van der Waals surface area (Å²) in [5.41, 5.74) is 0. The Labute approximate surface area is 137 Å². The molecule has 2 N–H and O–H groups in total. The van der Waals surface area contributed by atoms with E-state index in [4.69, 9.17) is 28.3 Å². The molecule has 0 fully saturated rings. The zero-order valence-corrected chi connectivity index (χ0v) is 14.0. The van der Waals surface area contributed by atoms with Crippen LogP contribution in [0.15, 0.2) is 18.2 Å². The van der Waals surface area contributed by atoms with Crippen LogP contribution in [-0.4, -0.2) is 24.2 Å². The molecule has 1 aromatic carbocycles. The second-order valence-corrected chi connectivity index (χ2v) is 6.75. The van der Waals surface area contributed by atoms with E-state index in [1.807, 2.05) is 19.1 Å². The number of hydrogen-bond acceptors (Lipinski definition) is 3. The molecule has 1 unspecified atom stereocenters. The predicted octanol–water partition coefficient (Wildman–Crippen LogP) is 4.35. The third-order valence-electron chi connectivity index (χ3n) is 3.46. The summed E-state index contributed by atoms with van der Waals surface area (Å²) in [5, 5.41) is 13.8. The normalized spacial score (nSPS) is 12.6. The molecular weight excluding hydrogens is 329 g/mol. The van der Waals surface area contributed by atoms with Crippen LogP contribution in [0.4, 0.5) is 0 Å². The summed E-state index contributed by atoms with van der Waals surface area (Å²) in [4.78, 5) is 12.8. The van der Waals surface area contributed by atoms with Gasteiger partial charge in [0.15, 0.2) is 0 Å². The number of carbonyl (C=O) groups is 1. The second kappa shape index (κ2) is 7.45. The van der Waals surface area contributed by atoms with E-state index in [9.17, 15) is 4.79 Å². The molecule has 0 saturated heterocycles. The van der Waals surface area contributed by atoms with E-state index >= 15 is 0 Å². The van der Waals surface area contributed by atoms with E-state index in [0.29, 0.717) is 27.9 Å². The van der Waals surface area contributed by atoms with Gasteiger partial charge in [-0.2, -0.15) is 0 Å². The Kier molecular flexibility index (Phi) is 5.88. The van der Waals surface area contributed by atoms with Gasteiger partial charge in [0, 0.05) is 28.3 Å². The summed E-state index contributed by atoms with van der Waals surface area (Å²) < 4.78 is 0.903. The smallest absolute Gasteiger partial charge is 0.262 e. The first kappa shape index (κ1) is 16.6. The maximum Gasteiger partial charge on any atom is 0.262 e. The highest BCUT2D eigenvalue weighted by Crippen LogP contribution is 2.36. The molecule has 21 heavy (non-hydrogen) atoms. The molecular formula is C15H17Cl2NO2S. The number of carbonyl (C=O) groups excluding carboxylic acids is 1. The van der Waals surface area contributed by atoms with E-state index in [2.05, 4.69) is 5.32 Å². The van der Waals surface area contributed by atoms with Crippen molar-refractivity contribution in [3.8, 4) is 0 Å². The number of rotatable bonds is 6. The Bertz CT molecular complexity index is 642. The van der Waals surface area contributed by atoms with Gasteiger partial charge in [-0.05, 0) is 24.5 Å². The van der Waals surface area contributed by atoms with Crippen LogP contribution in [0.5, 0.6) is 0 Å². The molecule has 0 aliphatic carbocycles. The van der Waals surface area contributed by atoms with Crippen LogP contribution in [0.2, 0.25) is 10.0 Å². The summed E-state index contributed by atoms with van der Waals surface area (Å²) in [5.74, 6) is 0.107. The number of fused-ring (bicyclic) bond motifs is 1. The fourth-order valence-corrected chi connectivity index (χ4v) is 3.84. The lowest BCUT2D eigenvalue weighted by Crippen LogP contribution is -2.29. The highest BCUT2D eigenvalue weighted by atomic mass is 35.5. The number of halogens is 2. The van der Waals surface area contributed by atoms with Gasteiger partial charge >= 0.3 is 0 Å². The standard InChI is InChI=1S/C15H17Cl2NO2S/c1-2-9(5-6-19)8-18-15(20)14-13(17)11-4-3-10(16)7-12(11)21-14/h3-4,7,9,19H,2,5-6,8H2,1H3,(H,18,20). The molecule has 1 amide bonds. The average molecular weight is 346 g/mol. The van der Waals surface area contributed by atoms with Crippen molar-refractivity contribution in [3.63, 3.8) is 0 Å². The van der Waals surface area contributed by atoms with Gasteiger partial charge in [-0.15, -0.1) is 11.3 Å². The van der Waals surface area contributed by atoms with E-state index in [0.717, 1.165) is 16.5 Å². The summed E-state index contributed by atoms with van der Waals surface area (Å²) in [6, 6.07) is 5.40. The molecule has 1 aromatic heterocycles. The van der Waals surface area contributed by atoms with Gasteiger partial charge in [-0.25, -0.2) is 0 Å². The maximum absolute atomic E-state index is 12.3. The molecule has 0 spiro atoms. The number of benzene rings is 1. The van der Waals surface area contributed by atoms with Crippen LogP contribution >= 0.6 is 34.5 Å². The van der Waals surface area contributed by atoms with Crippen LogP contribution in [-0.2, 0) is 0 Å². The van der Waals surface area contributed by atoms with Gasteiger partial charge in [-0.3, -0.25) is 4.79 Å². The number of amides is 1. The van der Waals surface area contributed by atoms with Gasteiger partial charge < -0.3 is 10.4 Å². The molecule has 0 radical (unpaired) electrons.